The van der Waals surface area contributed by atoms with E-state index in [2.05, 4.69) is 4.74 Å². The Kier molecular flexibility index (Phi) is 4.69. The zero-order chi connectivity index (χ0) is 10.2. The van der Waals surface area contributed by atoms with E-state index in [1.54, 1.807) is 0 Å². The first kappa shape index (κ1) is 14.0. The predicted molar refractivity (Wildman–Crippen MR) is 46.4 cm³/mol. The van der Waals surface area contributed by atoms with Gasteiger partial charge in [0.05, 0.1) is 6.61 Å². The third-order valence-corrected chi connectivity index (χ3v) is 2.00. The Morgan fingerprint density at radius 1 is 1.21 bits per heavy atom. The SMILES string of the molecule is Cl.N[C@@]1(O)O[C@H](CO)[C@@H](O)[C@H](O)[C@@H]1O. The van der Waals surface area contributed by atoms with Crippen LogP contribution in [0.3, 0.4) is 0 Å². The van der Waals surface area contributed by atoms with Crippen LogP contribution in [0.4, 0.5) is 0 Å². The number of aliphatic hydroxyl groups excluding tert-OH is 4. The van der Waals surface area contributed by atoms with Gasteiger partial charge in [0.25, 0.3) is 5.91 Å². The summed E-state index contributed by atoms with van der Waals surface area (Å²) in [6, 6.07) is 0. The van der Waals surface area contributed by atoms with E-state index < -0.39 is 36.9 Å². The maximum absolute atomic E-state index is 9.18. The minimum atomic E-state index is -2.45. The summed E-state index contributed by atoms with van der Waals surface area (Å²) >= 11 is 0. The quantitative estimate of drug-likeness (QED) is 0.258. The molecule has 0 bridgehead atoms. The fourth-order valence-electron chi connectivity index (χ4n) is 1.18. The number of ether oxygens (including phenoxy) is 1. The summed E-state index contributed by atoms with van der Waals surface area (Å²) in [5.74, 6) is -2.45. The molecule has 0 aromatic heterocycles. The van der Waals surface area contributed by atoms with Crippen molar-refractivity contribution in [3.8, 4) is 0 Å². The van der Waals surface area contributed by atoms with E-state index >= 15 is 0 Å². The van der Waals surface area contributed by atoms with Crippen molar-refractivity contribution in [2.45, 2.75) is 30.3 Å². The Morgan fingerprint density at radius 2 is 1.71 bits per heavy atom. The van der Waals surface area contributed by atoms with E-state index in [0.717, 1.165) is 0 Å². The van der Waals surface area contributed by atoms with Crippen molar-refractivity contribution in [3.05, 3.63) is 0 Å². The minimum absolute atomic E-state index is 0. The van der Waals surface area contributed by atoms with E-state index in [1.807, 2.05) is 0 Å². The number of rotatable bonds is 1. The fourth-order valence-corrected chi connectivity index (χ4v) is 1.18. The van der Waals surface area contributed by atoms with Crippen molar-refractivity contribution in [1.82, 2.24) is 0 Å². The van der Waals surface area contributed by atoms with Crippen LogP contribution in [0.15, 0.2) is 0 Å². The molecule has 7 N–H and O–H groups in total. The van der Waals surface area contributed by atoms with Gasteiger partial charge in [-0.2, -0.15) is 0 Å². The second-order valence-electron chi connectivity index (χ2n) is 3.02. The molecule has 0 unspecified atom stereocenters. The maximum atomic E-state index is 9.18. The monoisotopic (exact) mass is 231 g/mol. The molecule has 7 nitrogen and oxygen atoms in total. The first-order valence-electron chi connectivity index (χ1n) is 3.74. The molecular formula is C6H14ClNO6. The first-order valence-corrected chi connectivity index (χ1v) is 3.74. The molecule has 1 aliphatic heterocycles. The van der Waals surface area contributed by atoms with Crippen LogP contribution in [0, 0.1) is 0 Å². The third kappa shape index (κ3) is 2.33. The molecule has 1 saturated heterocycles. The smallest absolute Gasteiger partial charge is 0.252 e. The van der Waals surface area contributed by atoms with Crippen LogP contribution in [0.1, 0.15) is 0 Å². The van der Waals surface area contributed by atoms with Gasteiger partial charge in [0, 0.05) is 0 Å². The van der Waals surface area contributed by atoms with Crippen LogP contribution in [-0.4, -0.2) is 62.5 Å². The lowest BCUT2D eigenvalue weighted by atomic mass is 9.97. The minimum Gasteiger partial charge on any atom is -0.394 e. The van der Waals surface area contributed by atoms with E-state index in [-0.39, 0.29) is 12.4 Å². The van der Waals surface area contributed by atoms with Gasteiger partial charge in [-0.15, -0.1) is 12.4 Å². The van der Waals surface area contributed by atoms with Gasteiger partial charge >= 0.3 is 0 Å². The lowest BCUT2D eigenvalue weighted by Gasteiger charge is -2.42. The largest absolute Gasteiger partial charge is 0.394 e. The fraction of sp³-hybridized carbons (Fsp3) is 1.00. The van der Waals surface area contributed by atoms with E-state index in [4.69, 9.17) is 26.2 Å². The van der Waals surface area contributed by atoms with Crippen LogP contribution in [0.5, 0.6) is 0 Å². The number of hydrogen-bond donors (Lipinski definition) is 6. The lowest BCUT2D eigenvalue weighted by molar-refractivity contribution is -0.346. The third-order valence-electron chi connectivity index (χ3n) is 2.00. The van der Waals surface area contributed by atoms with Gasteiger partial charge in [0.15, 0.2) is 6.10 Å². The molecule has 0 aromatic rings. The highest BCUT2D eigenvalue weighted by atomic mass is 35.5. The highest BCUT2D eigenvalue weighted by Crippen LogP contribution is 2.23. The van der Waals surface area contributed by atoms with Crippen LogP contribution < -0.4 is 5.73 Å². The summed E-state index contributed by atoms with van der Waals surface area (Å²) in [7, 11) is 0. The summed E-state index contributed by atoms with van der Waals surface area (Å²) < 4.78 is 4.54. The van der Waals surface area contributed by atoms with Crippen molar-refractivity contribution in [2.24, 2.45) is 5.73 Å². The molecular weight excluding hydrogens is 218 g/mol. The van der Waals surface area contributed by atoms with Crippen LogP contribution >= 0.6 is 12.4 Å². The molecule has 8 heteroatoms. The zero-order valence-corrected chi connectivity index (χ0v) is 7.96. The molecule has 0 aromatic carbocycles. The van der Waals surface area contributed by atoms with E-state index in [0.29, 0.717) is 0 Å². The van der Waals surface area contributed by atoms with Gasteiger partial charge in [-0.05, 0) is 0 Å². The van der Waals surface area contributed by atoms with Gasteiger partial charge in [0.2, 0.25) is 0 Å². The Hall–Kier alpha value is 0.01000. The molecule has 5 atom stereocenters. The zero-order valence-electron chi connectivity index (χ0n) is 7.15. The highest BCUT2D eigenvalue weighted by molar-refractivity contribution is 5.85. The van der Waals surface area contributed by atoms with Crippen LogP contribution in [-0.2, 0) is 4.74 Å². The first-order chi connectivity index (χ1) is 5.90. The Labute approximate surface area is 86.1 Å². The summed E-state index contributed by atoms with van der Waals surface area (Å²) in [6.07, 6.45) is -6.16. The van der Waals surface area contributed by atoms with Crippen molar-refractivity contribution in [2.75, 3.05) is 6.61 Å². The Bertz CT molecular complexity index is 189. The molecule has 0 aliphatic carbocycles. The predicted octanol–water partition coefficient (Wildman–Crippen LogP) is -3.51. The molecule has 0 saturated carbocycles. The van der Waals surface area contributed by atoms with Gasteiger partial charge in [0.1, 0.15) is 18.3 Å². The molecule has 0 spiro atoms. The lowest BCUT2D eigenvalue weighted by Crippen LogP contribution is -2.69. The summed E-state index contributed by atoms with van der Waals surface area (Å²) in [5, 5.41) is 45.2. The summed E-state index contributed by atoms with van der Waals surface area (Å²) in [5.41, 5.74) is 5.04. The average Bonchev–Trinajstić information content (AvgIpc) is 2.08. The molecule has 1 rings (SSSR count). The topological polar surface area (TPSA) is 136 Å². The average molecular weight is 232 g/mol. The molecule has 0 radical (unpaired) electrons. The van der Waals surface area contributed by atoms with Gasteiger partial charge in [-0.1, -0.05) is 0 Å². The Morgan fingerprint density at radius 3 is 2.14 bits per heavy atom. The molecule has 1 fully saturated rings. The number of aliphatic hydroxyl groups is 5. The normalized spacial score (nSPS) is 48.4. The second kappa shape index (κ2) is 4.69. The summed E-state index contributed by atoms with van der Waals surface area (Å²) in [4.78, 5) is 0. The maximum Gasteiger partial charge on any atom is 0.252 e. The van der Waals surface area contributed by atoms with Crippen molar-refractivity contribution < 1.29 is 30.3 Å². The van der Waals surface area contributed by atoms with Crippen molar-refractivity contribution >= 4 is 12.4 Å². The van der Waals surface area contributed by atoms with Gasteiger partial charge < -0.3 is 30.3 Å². The van der Waals surface area contributed by atoms with Gasteiger partial charge in [-0.3, -0.25) is 5.73 Å². The van der Waals surface area contributed by atoms with E-state index in [9.17, 15) is 5.11 Å². The second-order valence-corrected chi connectivity index (χ2v) is 3.02. The number of halogens is 1. The molecule has 1 aliphatic rings. The number of nitrogens with two attached hydrogens (primary N) is 1. The standard InChI is InChI=1S/C6H13NO6.ClH/c7-6(12)5(11)4(10)3(9)2(1-8)13-6;/h2-5,8-12H,1,7H2;1H/t2-,3-,4+,5+,6+;/m1./s1. The highest BCUT2D eigenvalue weighted by Gasteiger charge is 2.50. The summed E-state index contributed by atoms with van der Waals surface area (Å²) in [6.45, 7) is -0.621. The number of hydrogen-bond acceptors (Lipinski definition) is 7. The van der Waals surface area contributed by atoms with Gasteiger partial charge in [-0.25, -0.2) is 0 Å². The van der Waals surface area contributed by atoms with E-state index in [1.165, 1.54) is 0 Å². The molecule has 0 amide bonds. The van der Waals surface area contributed by atoms with Crippen LogP contribution in [0.25, 0.3) is 0 Å². The molecule has 86 valence electrons. The van der Waals surface area contributed by atoms with Crippen molar-refractivity contribution in [1.29, 1.82) is 0 Å². The van der Waals surface area contributed by atoms with Crippen LogP contribution in [0.2, 0.25) is 0 Å². The molecule has 14 heavy (non-hydrogen) atoms. The Balaban J connectivity index is 0.00000169. The molecule has 1 heterocycles. The van der Waals surface area contributed by atoms with Crippen molar-refractivity contribution in [3.63, 3.8) is 0 Å².